The number of aromatic nitrogens is 3. The topological polar surface area (TPSA) is 146 Å². The SMILES string of the molecule is COC[C@H]1CCCN1c1ccc2nc(NC(=O)c3ccc(C(C)(C)C)cc3)cn2n1.FC(F)F.O=C(O)C(F)(F)F.O=CO. The maximum absolute atomic E-state index is 12.6. The molecule has 0 unspecified atom stereocenters. The summed E-state index contributed by atoms with van der Waals surface area (Å²) in [4.78, 5) is 36.7. The first-order chi connectivity index (χ1) is 20.4. The van der Waals surface area contributed by atoms with Crippen LogP contribution >= 0.6 is 0 Å². The first-order valence-corrected chi connectivity index (χ1v) is 12.8. The average Bonchev–Trinajstić information content (AvgIpc) is 3.54. The van der Waals surface area contributed by atoms with E-state index in [1.807, 2.05) is 36.4 Å². The van der Waals surface area contributed by atoms with Crippen LogP contribution in [0.4, 0.5) is 38.0 Å². The minimum Gasteiger partial charge on any atom is -0.483 e. The predicted molar refractivity (Wildman–Crippen MR) is 148 cm³/mol. The molecule has 0 spiro atoms. The number of imidazole rings is 1. The van der Waals surface area contributed by atoms with Crippen LogP contribution in [0.5, 0.6) is 0 Å². The molecule has 0 aliphatic carbocycles. The highest BCUT2D eigenvalue weighted by Gasteiger charge is 2.38. The van der Waals surface area contributed by atoms with E-state index in [9.17, 15) is 31.1 Å². The van der Waals surface area contributed by atoms with Gasteiger partial charge in [-0.05, 0) is 48.1 Å². The van der Waals surface area contributed by atoms with Gasteiger partial charge in [0.25, 0.3) is 12.4 Å². The van der Waals surface area contributed by atoms with Crippen LogP contribution in [-0.4, -0.2) is 82.3 Å². The number of halogens is 6. The molecule has 1 atom stereocenters. The first-order valence-electron chi connectivity index (χ1n) is 12.8. The fraction of sp³-hybridized carbons (Fsp3) is 0.444. The van der Waals surface area contributed by atoms with Gasteiger partial charge in [0, 0.05) is 19.2 Å². The molecule has 1 aromatic carbocycles. The Morgan fingerprint density at radius 1 is 1.11 bits per heavy atom. The molecule has 17 heteroatoms. The van der Waals surface area contributed by atoms with Crippen molar-refractivity contribution in [2.75, 3.05) is 30.5 Å². The highest BCUT2D eigenvalue weighted by atomic mass is 19.4. The summed E-state index contributed by atoms with van der Waals surface area (Å²) in [6.45, 7) is 4.20. The van der Waals surface area contributed by atoms with Crippen molar-refractivity contribution >= 4 is 35.6 Å². The molecule has 1 aliphatic heterocycles. The molecular formula is C27H33F6N5O6. The molecule has 0 bridgehead atoms. The minimum atomic E-state index is -5.08. The van der Waals surface area contributed by atoms with E-state index in [1.54, 1.807) is 17.8 Å². The molecule has 0 saturated carbocycles. The average molecular weight is 638 g/mol. The van der Waals surface area contributed by atoms with Crippen LogP contribution in [0.25, 0.3) is 5.65 Å². The molecule has 4 rings (SSSR count). The molecule has 11 nitrogen and oxygen atoms in total. The number of anilines is 2. The predicted octanol–water partition coefficient (Wildman–Crippen LogP) is 5.41. The molecule has 3 N–H and O–H groups in total. The number of aliphatic carboxylic acids is 1. The van der Waals surface area contributed by atoms with Crippen molar-refractivity contribution in [1.29, 1.82) is 0 Å². The van der Waals surface area contributed by atoms with Crippen molar-refractivity contribution in [2.24, 2.45) is 0 Å². The monoisotopic (exact) mass is 637 g/mol. The molecule has 0 radical (unpaired) electrons. The summed E-state index contributed by atoms with van der Waals surface area (Å²) in [7, 11) is 1.73. The number of carboxylic acid groups (broad SMARTS) is 2. The summed E-state index contributed by atoms with van der Waals surface area (Å²) in [6.07, 6.45) is -1.10. The fourth-order valence-corrected chi connectivity index (χ4v) is 3.90. The number of carboxylic acids is 1. The maximum Gasteiger partial charge on any atom is 0.490 e. The van der Waals surface area contributed by atoms with Gasteiger partial charge < -0.3 is 25.2 Å². The molecule has 1 aliphatic rings. The normalized spacial score (nSPS) is 14.4. The molecular weight excluding hydrogens is 604 g/mol. The van der Waals surface area contributed by atoms with Crippen molar-refractivity contribution in [3.8, 4) is 0 Å². The van der Waals surface area contributed by atoms with Crippen LogP contribution in [-0.2, 0) is 19.7 Å². The van der Waals surface area contributed by atoms with Gasteiger partial charge in [0.05, 0.1) is 18.8 Å². The summed E-state index contributed by atoms with van der Waals surface area (Å²) in [5, 5.41) is 21.6. The van der Waals surface area contributed by atoms with Gasteiger partial charge in [-0.2, -0.15) is 26.3 Å². The van der Waals surface area contributed by atoms with E-state index in [0.717, 1.165) is 25.2 Å². The molecule has 1 saturated heterocycles. The number of hydrogen-bond acceptors (Lipinski definition) is 7. The number of nitrogens with one attached hydrogen (secondary N) is 1. The molecule has 1 fully saturated rings. The lowest BCUT2D eigenvalue weighted by molar-refractivity contribution is -0.192. The van der Waals surface area contributed by atoms with E-state index >= 15 is 0 Å². The minimum absolute atomic E-state index is 0.0532. The van der Waals surface area contributed by atoms with Gasteiger partial charge in [0.2, 0.25) is 0 Å². The highest BCUT2D eigenvalue weighted by molar-refractivity contribution is 6.03. The van der Waals surface area contributed by atoms with Crippen LogP contribution in [0.15, 0.2) is 42.6 Å². The Labute approximate surface area is 248 Å². The van der Waals surface area contributed by atoms with Crippen molar-refractivity contribution < 1.29 is 55.7 Å². The maximum atomic E-state index is 12.6. The van der Waals surface area contributed by atoms with Crippen LogP contribution < -0.4 is 10.2 Å². The van der Waals surface area contributed by atoms with Gasteiger partial charge in [-0.15, -0.1) is 5.10 Å². The number of fused-ring (bicyclic) bond motifs is 1. The molecule has 2 aromatic heterocycles. The van der Waals surface area contributed by atoms with Crippen molar-refractivity contribution in [2.45, 2.75) is 57.9 Å². The Bertz CT molecular complexity index is 1340. The first kappa shape index (κ1) is 37.6. The lowest BCUT2D eigenvalue weighted by atomic mass is 9.87. The number of benzene rings is 1. The molecule has 44 heavy (non-hydrogen) atoms. The third-order valence-electron chi connectivity index (χ3n) is 5.83. The van der Waals surface area contributed by atoms with Crippen molar-refractivity contribution in [1.82, 2.24) is 14.6 Å². The van der Waals surface area contributed by atoms with Gasteiger partial charge in [-0.1, -0.05) is 32.9 Å². The molecule has 3 heterocycles. The summed E-state index contributed by atoms with van der Waals surface area (Å²) in [6, 6.07) is 12.0. The second kappa shape index (κ2) is 17.0. The third kappa shape index (κ3) is 12.4. The number of nitrogens with zero attached hydrogens (tertiary/aromatic N) is 4. The van der Waals surface area contributed by atoms with E-state index in [-0.39, 0.29) is 17.8 Å². The number of carbonyl (C=O) groups is 3. The standard InChI is InChI=1S/C23H29N5O2.C2HF3O2.CHF3.CH2O2/c1-23(2,3)17-9-7-16(8-10-17)22(29)25-19-14-28-20(24-19)11-12-21(26-28)27-13-5-6-18(27)15-30-4;3-2(4,5)1(6)7;2-1(3)4;2-1-3/h7-12,14,18H,5-6,13,15H2,1-4H3,(H,25,29);(H,6,7);1H;1H,(H,2,3)/t18-;;;/m1.../s1. The van der Waals surface area contributed by atoms with Gasteiger partial charge in [0.15, 0.2) is 11.5 Å². The molecule has 244 valence electrons. The summed E-state index contributed by atoms with van der Waals surface area (Å²) in [5.41, 5.74) is 2.54. The highest BCUT2D eigenvalue weighted by Crippen LogP contribution is 2.25. The Morgan fingerprint density at radius 2 is 1.66 bits per heavy atom. The van der Waals surface area contributed by atoms with Crippen LogP contribution in [0, 0.1) is 0 Å². The number of amides is 1. The van der Waals surface area contributed by atoms with Crippen molar-refractivity contribution in [3.63, 3.8) is 0 Å². The number of carbonyl (C=O) groups excluding carboxylic acids is 1. The van der Waals surface area contributed by atoms with Crippen LogP contribution in [0.3, 0.4) is 0 Å². The summed E-state index contributed by atoms with van der Waals surface area (Å²) >= 11 is 0. The van der Waals surface area contributed by atoms with Gasteiger partial charge in [-0.3, -0.25) is 9.59 Å². The zero-order chi connectivity index (χ0) is 33.7. The molecule has 1 amide bonds. The molecule has 3 aromatic rings. The largest absolute Gasteiger partial charge is 0.490 e. The van der Waals surface area contributed by atoms with E-state index < -0.39 is 18.8 Å². The second-order valence-electron chi connectivity index (χ2n) is 10.0. The van der Waals surface area contributed by atoms with E-state index in [4.69, 9.17) is 29.6 Å². The summed E-state index contributed by atoms with van der Waals surface area (Å²) < 4.78 is 67.8. The van der Waals surface area contributed by atoms with Crippen LogP contribution in [0.1, 0.15) is 49.5 Å². The number of ether oxygens (including phenoxy) is 1. The number of hydrogen-bond donors (Lipinski definition) is 3. The third-order valence-corrected chi connectivity index (χ3v) is 5.83. The fourth-order valence-electron chi connectivity index (χ4n) is 3.90. The lowest BCUT2D eigenvalue weighted by Crippen LogP contribution is -2.33. The Balaban J connectivity index is 0.000000581. The van der Waals surface area contributed by atoms with Crippen molar-refractivity contribution in [3.05, 3.63) is 53.7 Å². The van der Waals surface area contributed by atoms with E-state index in [0.29, 0.717) is 29.7 Å². The zero-order valence-electron chi connectivity index (χ0n) is 24.2. The zero-order valence-corrected chi connectivity index (χ0v) is 24.2. The Hall–Kier alpha value is -4.41. The Morgan fingerprint density at radius 3 is 2.14 bits per heavy atom. The smallest absolute Gasteiger partial charge is 0.483 e. The van der Waals surface area contributed by atoms with Gasteiger partial charge in [0.1, 0.15) is 5.82 Å². The van der Waals surface area contributed by atoms with Gasteiger partial charge in [-0.25, -0.2) is 14.3 Å². The Kier molecular flexibility index (Phi) is 14.6. The summed E-state index contributed by atoms with van der Waals surface area (Å²) in [5.74, 6) is -1.55. The van der Waals surface area contributed by atoms with Gasteiger partial charge >= 0.3 is 18.8 Å². The number of rotatable bonds is 5. The van der Waals surface area contributed by atoms with Crippen LogP contribution in [0.2, 0.25) is 0 Å². The number of alkyl halides is 6. The number of methoxy groups -OCH3 is 1. The van der Waals surface area contributed by atoms with E-state index in [1.165, 1.54) is 5.56 Å². The quantitative estimate of drug-likeness (QED) is 0.247. The van der Waals surface area contributed by atoms with E-state index in [2.05, 4.69) is 36.0 Å². The second-order valence-corrected chi connectivity index (χ2v) is 10.0. The lowest BCUT2D eigenvalue weighted by Gasteiger charge is -2.24.